The standard InChI is InChI=1S/C17H22F3NO3/c1-12(2)9-21-6-7-23-15(10-21)11-24-16(22)13-4-3-5-14(8-13)17(18,19)20/h3-5,8,12,15H,6-7,9-11H2,1-2H3. The lowest BCUT2D eigenvalue weighted by molar-refractivity contribution is -0.137. The highest BCUT2D eigenvalue weighted by Crippen LogP contribution is 2.29. The van der Waals surface area contributed by atoms with E-state index in [9.17, 15) is 18.0 Å². The molecule has 0 saturated carbocycles. The van der Waals surface area contributed by atoms with Crippen LogP contribution in [0.25, 0.3) is 0 Å². The van der Waals surface area contributed by atoms with Gasteiger partial charge in [0.15, 0.2) is 0 Å². The maximum Gasteiger partial charge on any atom is 0.416 e. The Bertz CT molecular complexity index is 560. The fourth-order valence-electron chi connectivity index (χ4n) is 2.64. The summed E-state index contributed by atoms with van der Waals surface area (Å²) in [4.78, 5) is 14.2. The third kappa shape index (κ3) is 5.49. The average molecular weight is 345 g/mol. The summed E-state index contributed by atoms with van der Waals surface area (Å²) in [6.07, 6.45) is -4.74. The highest BCUT2D eigenvalue weighted by atomic mass is 19.4. The molecule has 1 atom stereocenters. The van der Waals surface area contributed by atoms with Crippen molar-refractivity contribution in [2.45, 2.75) is 26.1 Å². The largest absolute Gasteiger partial charge is 0.459 e. The molecule has 0 amide bonds. The van der Waals surface area contributed by atoms with E-state index in [2.05, 4.69) is 18.7 Å². The van der Waals surface area contributed by atoms with Crippen LogP contribution in [0.5, 0.6) is 0 Å². The van der Waals surface area contributed by atoms with Crippen molar-refractivity contribution in [2.75, 3.05) is 32.8 Å². The molecular formula is C17H22F3NO3. The van der Waals surface area contributed by atoms with Crippen LogP contribution in [0.4, 0.5) is 13.2 Å². The lowest BCUT2D eigenvalue weighted by Gasteiger charge is -2.33. The van der Waals surface area contributed by atoms with E-state index in [1.54, 1.807) is 0 Å². The predicted octanol–water partition coefficient (Wildman–Crippen LogP) is 3.22. The Morgan fingerprint density at radius 3 is 2.83 bits per heavy atom. The van der Waals surface area contributed by atoms with Gasteiger partial charge in [-0.05, 0) is 24.1 Å². The summed E-state index contributed by atoms with van der Waals surface area (Å²) in [5, 5.41) is 0. The molecular weight excluding hydrogens is 323 g/mol. The maximum atomic E-state index is 12.7. The first-order valence-corrected chi connectivity index (χ1v) is 7.94. The van der Waals surface area contributed by atoms with Gasteiger partial charge in [-0.1, -0.05) is 19.9 Å². The fraction of sp³-hybridized carbons (Fsp3) is 0.588. The molecule has 1 aliphatic heterocycles. The van der Waals surface area contributed by atoms with E-state index in [1.165, 1.54) is 12.1 Å². The fourth-order valence-corrected chi connectivity index (χ4v) is 2.64. The number of carbonyl (C=O) groups excluding carboxylic acids is 1. The second-order valence-corrected chi connectivity index (χ2v) is 6.32. The molecule has 134 valence electrons. The number of rotatable bonds is 5. The molecule has 0 radical (unpaired) electrons. The summed E-state index contributed by atoms with van der Waals surface area (Å²) in [6.45, 7) is 7.24. The number of hydrogen-bond donors (Lipinski definition) is 0. The number of hydrogen-bond acceptors (Lipinski definition) is 4. The van der Waals surface area contributed by atoms with E-state index in [4.69, 9.17) is 9.47 Å². The normalized spacial score (nSPS) is 19.5. The molecule has 1 heterocycles. The topological polar surface area (TPSA) is 38.8 Å². The second-order valence-electron chi connectivity index (χ2n) is 6.32. The van der Waals surface area contributed by atoms with Crippen LogP contribution in [0.3, 0.4) is 0 Å². The molecule has 24 heavy (non-hydrogen) atoms. The van der Waals surface area contributed by atoms with Crippen molar-refractivity contribution < 1.29 is 27.4 Å². The van der Waals surface area contributed by atoms with Crippen LogP contribution < -0.4 is 0 Å². The first-order valence-electron chi connectivity index (χ1n) is 7.94. The number of carbonyl (C=O) groups is 1. The summed E-state index contributed by atoms with van der Waals surface area (Å²) in [5.74, 6) is -0.248. The summed E-state index contributed by atoms with van der Waals surface area (Å²) in [7, 11) is 0. The van der Waals surface area contributed by atoms with E-state index < -0.39 is 17.7 Å². The van der Waals surface area contributed by atoms with Gasteiger partial charge in [-0.15, -0.1) is 0 Å². The van der Waals surface area contributed by atoms with Gasteiger partial charge in [0.25, 0.3) is 0 Å². The Kier molecular flexibility index (Phi) is 6.23. The number of benzene rings is 1. The molecule has 1 aliphatic rings. The molecule has 1 aromatic carbocycles. The number of halogens is 3. The number of morpholine rings is 1. The van der Waals surface area contributed by atoms with Crippen LogP contribution in [0.1, 0.15) is 29.8 Å². The Balaban J connectivity index is 1.89. The van der Waals surface area contributed by atoms with Gasteiger partial charge in [0, 0.05) is 19.6 Å². The summed E-state index contributed by atoms with van der Waals surface area (Å²) in [6, 6.07) is 4.23. The van der Waals surface area contributed by atoms with Crippen LogP contribution in [0.15, 0.2) is 24.3 Å². The van der Waals surface area contributed by atoms with Gasteiger partial charge in [-0.3, -0.25) is 4.90 Å². The van der Waals surface area contributed by atoms with E-state index in [-0.39, 0.29) is 18.3 Å². The Hall–Kier alpha value is -1.60. The minimum absolute atomic E-state index is 0.0314. The molecule has 0 spiro atoms. The molecule has 7 heteroatoms. The third-order valence-electron chi connectivity index (χ3n) is 3.67. The average Bonchev–Trinajstić information content (AvgIpc) is 2.51. The van der Waals surface area contributed by atoms with Gasteiger partial charge in [-0.2, -0.15) is 13.2 Å². The van der Waals surface area contributed by atoms with E-state index >= 15 is 0 Å². The molecule has 0 bridgehead atoms. The molecule has 0 aliphatic carbocycles. The van der Waals surface area contributed by atoms with Gasteiger partial charge in [0.2, 0.25) is 0 Å². The van der Waals surface area contributed by atoms with Crippen molar-refractivity contribution in [1.82, 2.24) is 4.90 Å². The van der Waals surface area contributed by atoms with Crippen molar-refractivity contribution in [2.24, 2.45) is 5.92 Å². The summed E-state index contributed by atoms with van der Waals surface area (Å²) >= 11 is 0. The van der Waals surface area contributed by atoms with Crippen LogP contribution in [0.2, 0.25) is 0 Å². The monoisotopic (exact) mass is 345 g/mol. The molecule has 2 rings (SSSR count). The van der Waals surface area contributed by atoms with E-state index in [0.717, 1.165) is 25.2 Å². The SMILES string of the molecule is CC(C)CN1CCOC(COC(=O)c2cccc(C(F)(F)F)c2)C1. The molecule has 1 aromatic rings. The first-order chi connectivity index (χ1) is 11.3. The quantitative estimate of drug-likeness (QED) is 0.768. The van der Waals surface area contributed by atoms with Gasteiger partial charge >= 0.3 is 12.1 Å². The minimum atomic E-state index is -4.49. The number of alkyl halides is 3. The van der Waals surface area contributed by atoms with E-state index in [0.29, 0.717) is 19.1 Å². The zero-order valence-electron chi connectivity index (χ0n) is 13.8. The van der Waals surface area contributed by atoms with Crippen LogP contribution in [-0.2, 0) is 15.7 Å². The molecule has 0 N–H and O–H groups in total. The number of ether oxygens (including phenoxy) is 2. The minimum Gasteiger partial charge on any atom is -0.459 e. The van der Waals surface area contributed by atoms with Crippen molar-refractivity contribution >= 4 is 5.97 Å². The summed E-state index contributed by atoms with van der Waals surface area (Å²) in [5.41, 5.74) is -0.978. The predicted molar refractivity (Wildman–Crippen MR) is 82.7 cm³/mol. The Morgan fingerprint density at radius 2 is 2.17 bits per heavy atom. The van der Waals surface area contributed by atoms with E-state index in [1.807, 2.05) is 0 Å². The third-order valence-corrected chi connectivity index (χ3v) is 3.67. The molecule has 1 fully saturated rings. The van der Waals surface area contributed by atoms with Crippen molar-refractivity contribution in [3.05, 3.63) is 35.4 Å². The Morgan fingerprint density at radius 1 is 1.42 bits per heavy atom. The van der Waals surface area contributed by atoms with Crippen LogP contribution in [0, 0.1) is 5.92 Å². The van der Waals surface area contributed by atoms with Crippen molar-refractivity contribution in [3.63, 3.8) is 0 Å². The lowest BCUT2D eigenvalue weighted by atomic mass is 10.1. The molecule has 1 saturated heterocycles. The molecule has 1 unspecified atom stereocenters. The number of nitrogens with zero attached hydrogens (tertiary/aromatic N) is 1. The van der Waals surface area contributed by atoms with Crippen LogP contribution >= 0.6 is 0 Å². The smallest absolute Gasteiger partial charge is 0.416 e. The highest BCUT2D eigenvalue weighted by Gasteiger charge is 2.31. The van der Waals surface area contributed by atoms with Crippen molar-refractivity contribution in [3.8, 4) is 0 Å². The molecule has 4 nitrogen and oxygen atoms in total. The van der Waals surface area contributed by atoms with Crippen molar-refractivity contribution in [1.29, 1.82) is 0 Å². The lowest BCUT2D eigenvalue weighted by Crippen LogP contribution is -2.45. The van der Waals surface area contributed by atoms with Gasteiger partial charge < -0.3 is 9.47 Å². The zero-order valence-corrected chi connectivity index (χ0v) is 13.8. The zero-order chi connectivity index (χ0) is 17.7. The first kappa shape index (κ1) is 18.7. The summed E-state index contributed by atoms with van der Waals surface area (Å²) < 4.78 is 48.7. The highest BCUT2D eigenvalue weighted by molar-refractivity contribution is 5.89. The second kappa shape index (κ2) is 7.98. The molecule has 0 aromatic heterocycles. The van der Waals surface area contributed by atoms with Gasteiger partial charge in [-0.25, -0.2) is 4.79 Å². The van der Waals surface area contributed by atoms with Crippen LogP contribution in [-0.4, -0.2) is 49.8 Å². The maximum absolute atomic E-state index is 12.7. The van der Waals surface area contributed by atoms with Gasteiger partial charge in [0.1, 0.15) is 12.7 Å². The van der Waals surface area contributed by atoms with Gasteiger partial charge in [0.05, 0.1) is 17.7 Å². The Labute approximate surface area is 139 Å². The number of esters is 1.